The van der Waals surface area contributed by atoms with Crippen molar-refractivity contribution in [2.45, 2.75) is 45.6 Å². The lowest BCUT2D eigenvalue weighted by Crippen LogP contribution is -2.68. The minimum atomic E-state index is -1.03. The Hall–Kier alpha value is -2.51. The molecule has 1 heterocycles. The van der Waals surface area contributed by atoms with Crippen LogP contribution in [-0.4, -0.2) is 47.9 Å². The SMILES string of the molecule is COC(C)(C)O[C@H]1C(=O)N(C(=O)OC(=O)c2ccccc2)[C@H]1C=C(C)C. The highest BCUT2D eigenvalue weighted by molar-refractivity contribution is 6.06. The van der Waals surface area contributed by atoms with Crippen LogP contribution < -0.4 is 0 Å². The van der Waals surface area contributed by atoms with Gasteiger partial charge in [-0.25, -0.2) is 14.5 Å². The molecule has 140 valence electrons. The maximum Gasteiger partial charge on any atom is 0.425 e. The Morgan fingerprint density at radius 3 is 2.31 bits per heavy atom. The van der Waals surface area contributed by atoms with Crippen LogP contribution in [0.25, 0.3) is 0 Å². The second-order valence-electron chi connectivity index (χ2n) is 6.61. The average molecular weight is 361 g/mol. The number of methoxy groups -OCH3 is 1. The van der Waals surface area contributed by atoms with Gasteiger partial charge in [0.05, 0.1) is 11.6 Å². The number of benzene rings is 1. The smallest absolute Gasteiger partial charge is 0.372 e. The van der Waals surface area contributed by atoms with Gasteiger partial charge < -0.3 is 14.2 Å². The van der Waals surface area contributed by atoms with Gasteiger partial charge in [-0.2, -0.15) is 0 Å². The van der Waals surface area contributed by atoms with Crippen molar-refractivity contribution in [3.63, 3.8) is 0 Å². The summed E-state index contributed by atoms with van der Waals surface area (Å²) in [6, 6.07) is 7.42. The van der Waals surface area contributed by atoms with Gasteiger partial charge in [0.25, 0.3) is 5.91 Å². The van der Waals surface area contributed by atoms with Crippen molar-refractivity contribution in [1.82, 2.24) is 4.90 Å². The number of ether oxygens (including phenoxy) is 3. The van der Waals surface area contributed by atoms with Crippen LogP contribution in [0.5, 0.6) is 0 Å². The van der Waals surface area contributed by atoms with Crippen LogP contribution in [0.15, 0.2) is 42.0 Å². The van der Waals surface area contributed by atoms with Gasteiger partial charge in [0.15, 0.2) is 11.9 Å². The Morgan fingerprint density at radius 1 is 1.15 bits per heavy atom. The third-order valence-corrected chi connectivity index (χ3v) is 3.88. The first kappa shape index (κ1) is 19.8. The molecular formula is C19H23NO6. The highest BCUT2D eigenvalue weighted by atomic mass is 16.7. The van der Waals surface area contributed by atoms with Crippen LogP contribution in [0, 0.1) is 0 Å². The minimum absolute atomic E-state index is 0.223. The summed E-state index contributed by atoms with van der Waals surface area (Å²) in [5, 5.41) is 0. The topological polar surface area (TPSA) is 82.1 Å². The molecule has 0 unspecified atom stereocenters. The van der Waals surface area contributed by atoms with E-state index in [0.29, 0.717) is 0 Å². The van der Waals surface area contributed by atoms with Gasteiger partial charge in [-0.3, -0.25) is 4.79 Å². The number of allylic oxidation sites excluding steroid dienone is 1. The molecule has 0 radical (unpaired) electrons. The lowest BCUT2D eigenvalue weighted by molar-refractivity contribution is -0.246. The van der Waals surface area contributed by atoms with E-state index in [1.165, 1.54) is 19.2 Å². The molecule has 2 amide bonds. The van der Waals surface area contributed by atoms with Crippen molar-refractivity contribution < 1.29 is 28.6 Å². The molecular weight excluding hydrogens is 338 g/mol. The third-order valence-electron chi connectivity index (χ3n) is 3.88. The van der Waals surface area contributed by atoms with E-state index in [-0.39, 0.29) is 5.56 Å². The molecule has 0 saturated carbocycles. The fourth-order valence-corrected chi connectivity index (χ4v) is 2.43. The summed E-state index contributed by atoms with van der Waals surface area (Å²) in [6.45, 7) is 7.00. The van der Waals surface area contributed by atoms with E-state index >= 15 is 0 Å². The van der Waals surface area contributed by atoms with Gasteiger partial charge >= 0.3 is 12.1 Å². The number of carbonyl (C=O) groups excluding carboxylic acids is 3. The predicted molar refractivity (Wildman–Crippen MR) is 93.3 cm³/mol. The number of likely N-dealkylation sites (tertiary alicyclic amines) is 1. The van der Waals surface area contributed by atoms with Gasteiger partial charge in [0, 0.05) is 7.11 Å². The van der Waals surface area contributed by atoms with E-state index in [1.807, 2.05) is 13.8 Å². The monoisotopic (exact) mass is 361 g/mol. The van der Waals surface area contributed by atoms with Crippen molar-refractivity contribution in [2.75, 3.05) is 7.11 Å². The number of rotatable bonds is 5. The highest BCUT2D eigenvalue weighted by Crippen LogP contribution is 2.30. The van der Waals surface area contributed by atoms with E-state index in [1.54, 1.807) is 38.1 Å². The largest absolute Gasteiger partial charge is 0.425 e. The summed E-state index contributed by atoms with van der Waals surface area (Å²) in [5.41, 5.74) is 1.11. The Labute approximate surface area is 152 Å². The van der Waals surface area contributed by atoms with Gasteiger partial charge in [0.1, 0.15) is 0 Å². The van der Waals surface area contributed by atoms with E-state index in [0.717, 1.165) is 10.5 Å². The Balaban J connectivity index is 2.14. The Kier molecular flexibility index (Phi) is 5.94. The molecule has 1 aliphatic rings. The van der Waals surface area contributed by atoms with Crippen LogP contribution >= 0.6 is 0 Å². The molecule has 2 rings (SSSR count). The molecule has 2 atom stereocenters. The van der Waals surface area contributed by atoms with E-state index in [2.05, 4.69) is 0 Å². The zero-order valence-corrected chi connectivity index (χ0v) is 15.5. The molecule has 26 heavy (non-hydrogen) atoms. The van der Waals surface area contributed by atoms with Crippen molar-refractivity contribution >= 4 is 18.0 Å². The van der Waals surface area contributed by atoms with Gasteiger partial charge in [-0.05, 0) is 39.8 Å². The summed E-state index contributed by atoms with van der Waals surface area (Å²) < 4.78 is 15.7. The Morgan fingerprint density at radius 2 is 1.77 bits per heavy atom. The molecule has 7 heteroatoms. The summed E-state index contributed by atoms with van der Waals surface area (Å²) in [4.78, 5) is 37.7. The number of hydrogen-bond donors (Lipinski definition) is 0. The summed E-state index contributed by atoms with van der Waals surface area (Å²) in [5.74, 6) is -2.39. The van der Waals surface area contributed by atoms with E-state index in [4.69, 9.17) is 14.2 Å². The maximum atomic E-state index is 12.4. The first-order valence-corrected chi connectivity index (χ1v) is 8.18. The summed E-state index contributed by atoms with van der Waals surface area (Å²) in [7, 11) is 1.46. The van der Waals surface area contributed by atoms with Gasteiger partial charge in [0.2, 0.25) is 0 Å². The molecule has 1 fully saturated rings. The number of esters is 1. The standard InChI is InChI=1S/C19H23NO6/c1-12(2)11-14-15(26-19(3,4)24-5)16(21)20(14)18(23)25-17(22)13-9-7-6-8-10-13/h6-11,14-15H,1-5H3/t14-,15+/m0/s1. The molecule has 1 saturated heterocycles. The van der Waals surface area contributed by atoms with Crippen LogP contribution in [0.3, 0.4) is 0 Å². The Bertz CT molecular complexity index is 721. The molecule has 0 spiro atoms. The number of nitrogens with zero attached hydrogens (tertiary/aromatic N) is 1. The molecule has 0 aliphatic carbocycles. The fraction of sp³-hybridized carbons (Fsp3) is 0.421. The number of hydrogen-bond acceptors (Lipinski definition) is 6. The second-order valence-corrected chi connectivity index (χ2v) is 6.61. The lowest BCUT2D eigenvalue weighted by atomic mass is 9.96. The van der Waals surface area contributed by atoms with Crippen molar-refractivity contribution in [1.29, 1.82) is 0 Å². The predicted octanol–water partition coefficient (Wildman–Crippen LogP) is 2.91. The second kappa shape index (κ2) is 7.80. The molecule has 1 aliphatic heterocycles. The number of β-lactam (4-membered cyclic amide) rings is 1. The number of amides is 2. The molecule has 0 N–H and O–H groups in total. The van der Waals surface area contributed by atoms with Crippen LogP contribution in [-0.2, 0) is 19.0 Å². The van der Waals surface area contributed by atoms with E-state index in [9.17, 15) is 14.4 Å². The van der Waals surface area contributed by atoms with Crippen LogP contribution in [0.4, 0.5) is 4.79 Å². The molecule has 0 aromatic heterocycles. The molecule has 0 bridgehead atoms. The lowest BCUT2D eigenvalue weighted by Gasteiger charge is -2.45. The zero-order valence-electron chi connectivity index (χ0n) is 15.5. The maximum absolute atomic E-state index is 12.4. The number of imide groups is 1. The third kappa shape index (κ3) is 4.36. The normalized spacial score (nSPS) is 19.6. The van der Waals surface area contributed by atoms with Crippen molar-refractivity contribution in [3.05, 3.63) is 47.5 Å². The minimum Gasteiger partial charge on any atom is -0.372 e. The van der Waals surface area contributed by atoms with Crippen molar-refractivity contribution in [3.8, 4) is 0 Å². The van der Waals surface area contributed by atoms with Gasteiger partial charge in [-0.15, -0.1) is 0 Å². The zero-order chi connectivity index (χ0) is 19.5. The van der Waals surface area contributed by atoms with Crippen LogP contribution in [0.2, 0.25) is 0 Å². The molecule has 1 aromatic rings. The first-order chi connectivity index (χ1) is 12.2. The quantitative estimate of drug-likeness (QED) is 0.264. The molecule has 1 aromatic carbocycles. The average Bonchev–Trinajstić information content (AvgIpc) is 2.60. The highest BCUT2D eigenvalue weighted by Gasteiger charge is 2.53. The first-order valence-electron chi connectivity index (χ1n) is 8.18. The summed E-state index contributed by atoms with van der Waals surface area (Å²) in [6.07, 6.45) is -0.202. The summed E-state index contributed by atoms with van der Waals surface area (Å²) >= 11 is 0. The van der Waals surface area contributed by atoms with Crippen molar-refractivity contribution in [2.24, 2.45) is 0 Å². The number of carbonyl (C=O) groups is 3. The van der Waals surface area contributed by atoms with Crippen LogP contribution in [0.1, 0.15) is 38.1 Å². The fourth-order valence-electron chi connectivity index (χ4n) is 2.43. The van der Waals surface area contributed by atoms with Gasteiger partial charge in [-0.1, -0.05) is 29.8 Å². The molecule has 7 nitrogen and oxygen atoms in total. The van der Waals surface area contributed by atoms with E-state index < -0.39 is 35.9 Å².